The van der Waals surface area contributed by atoms with Crippen LogP contribution in [0.1, 0.15) is 18.4 Å². The van der Waals surface area contributed by atoms with E-state index in [2.05, 4.69) is 4.90 Å². The molecule has 0 aliphatic carbocycles. The van der Waals surface area contributed by atoms with Crippen molar-refractivity contribution in [2.45, 2.75) is 43.8 Å². The summed E-state index contributed by atoms with van der Waals surface area (Å²) in [5, 5.41) is 26.1. The molecular formula is C18H21ClF4N2O5. The highest BCUT2D eigenvalue weighted by molar-refractivity contribution is 6.31. The Balaban J connectivity index is 0.000000396. The van der Waals surface area contributed by atoms with E-state index in [0.717, 1.165) is 18.5 Å². The lowest BCUT2D eigenvalue weighted by atomic mass is 10.1. The first-order valence-electron chi connectivity index (χ1n) is 9.00. The molecule has 3 N–H and O–H groups in total. The average molecular weight is 457 g/mol. The van der Waals surface area contributed by atoms with Crippen LogP contribution in [0.4, 0.5) is 17.6 Å². The van der Waals surface area contributed by atoms with Gasteiger partial charge in [-0.25, -0.2) is 9.18 Å². The van der Waals surface area contributed by atoms with E-state index in [1.165, 1.54) is 12.1 Å². The topological polar surface area (TPSA) is 101 Å². The number of aliphatic carboxylic acids is 1. The van der Waals surface area contributed by atoms with Gasteiger partial charge in [0.1, 0.15) is 5.82 Å². The lowest BCUT2D eigenvalue weighted by Gasteiger charge is -2.26. The largest absolute Gasteiger partial charge is 0.490 e. The molecule has 1 amide bonds. The van der Waals surface area contributed by atoms with Gasteiger partial charge in [-0.3, -0.25) is 9.69 Å². The number of likely N-dealkylation sites (tertiary alicyclic amines) is 2. The number of hydrogen-bond acceptors (Lipinski definition) is 5. The molecule has 1 aromatic rings. The Morgan fingerprint density at radius 3 is 2.47 bits per heavy atom. The number of amides is 1. The molecule has 168 valence electrons. The molecule has 2 heterocycles. The van der Waals surface area contributed by atoms with Crippen LogP contribution >= 0.6 is 11.6 Å². The normalized spacial score (nSPS) is 22.5. The SMILES string of the molecule is O=C(O)C(F)(F)F.O=C1C[C@H]2[C@H](CCN2CC(O)CO)N1Cc1ccc(F)cc1Cl. The molecule has 0 aromatic heterocycles. The van der Waals surface area contributed by atoms with E-state index in [9.17, 15) is 27.5 Å². The Morgan fingerprint density at radius 2 is 1.93 bits per heavy atom. The van der Waals surface area contributed by atoms with Gasteiger partial charge in [0.25, 0.3) is 0 Å². The number of hydrogen-bond donors (Lipinski definition) is 3. The van der Waals surface area contributed by atoms with E-state index in [1.807, 2.05) is 0 Å². The number of rotatable bonds is 5. The molecule has 1 unspecified atom stereocenters. The van der Waals surface area contributed by atoms with Crippen molar-refractivity contribution < 1.29 is 42.5 Å². The molecule has 0 saturated carbocycles. The number of benzene rings is 1. The molecular weight excluding hydrogens is 436 g/mol. The van der Waals surface area contributed by atoms with Crippen molar-refractivity contribution in [1.82, 2.24) is 9.80 Å². The first kappa shape index (κ1) is 24.3. The Morgan fingerprint density at radius 1 is 1.30 bits per heavy atom. The number of carbonyl (C=O) groups excluding carboxylic acids is 1. The van der Waals surface area contributed by atoms with Crippen molar-refractivity contribution in [2.24, 2.45) is 0 Å². The third-order valence-electron chi connectivity index (χ3n) is 4.98. The minimum Gasteiger partial charge on any atom is -0.475 e. The fourth-order valence-corrected chi connectivity index (χ4v) is 3.83. The summed E-state index contributed by atoms with van der Waals surface area (Å²) in [5.74, 6) is -3.11. The quantitative estimate of drug-likeness (QED) is 0.582. The van der Waals surface area contributed by atoms with Crippen molar-refractivity contribution >= 4 is 23.5 Å². The first-order chi connectivity index (χ1) is 13.9. The lowest BCUT2D eigenvalue weighted by molar-refractivity contribution is -0.192. The fraction of sp³-hybridized carbons (Fsp3) is 0.556. The third-order valence-corrected chi connectivity index (χ3v) is 5.34. The van der Waals surface area contributed by atoms with Gasteiger partial charge in [-0.05, 0) is 24.1 Å². The molecule has 0 radical (unpaired) electrons. The predicted octanol–water partition coefficient (Wildman–Crippen LogP) is 1.64. The molecule has 1 aromatic carbocycles. The molecule has 7 nitrogen and oxygen atoms in total. The molecule has 0 spiro atoms. The minimum absolute atomic E-state index is 0.0450. The molecule has 3 atom stereocenters. The highest BCUT2D eigenvalue weighted by atomic mass is 35.5. The summed E-state index contributed by atoms with van der Waals surface area (Å²) >= 11 is 6.07. The number of β-amino-alcohol motifs (C(OH)–C–C–N with tert-alkyl or cyclic N) is 1. The summed E-state index contributed by atoms with van der Waals surface area (Å²) in [6, 6.07) is 4.35. The highest BCUT2D eigenvalue weighted by Crippen LogP contribution is 2.34. The maximum Gasteiger partial charge on any atom is 0.490 e. The lowest BCUT2D eigenvalue weighted by Crippen LogP contribution is -2.40. The van der Waals surface area contributed by atoms with E-state index in [4.69, 9.17) is 26.6 Å². The second kappa shape index (κ2) is 9.90. The van der Waals surface area contributed by atoms with Crippen molar-refractivity contribution in [3.05, 3.63) is 34.6 Å². The van der Waals surface area contributed by atoms with Crippen LogP contribution in [0.5, 0.6) is 0 Å². The van der Waals surface area contributed by atoms with E-state index < -0.39 is 24.1 Å². The predicted molar refractivity (Wildman–Crippen MR) is 97.1 cm³/mol. The smallest absolute Gasteiger partial charge is 0.475 e. The van der Waals surface area contributed by atoms with Crippen LogP contribution in [-0.4, -0.2) is 81.1 Å². The summed E-state index contributed by atoms with van der Waals surface area (Å²) in [4.78, 5) is 25.1. The number of halogens is 5. The summed E-state index contributed by atoms with van der Waals surface area (Å²) in [7, 11) is 0. The maximum atomic E-state index is 13.1. The van der Waals surface area contributed by atoms with Crippen LogP contribution in [-0.2, 0) is 16.1 Å². The molecule has 12 heteroatoms. The van der Waals surface area contributed by atoms with Gasteiger partial charge in [0.05, 0.1) is 12.7 Å². The van der Waals surface area contributed by atoms with Crippen molar-refractivity contribution in [3.8, 4) is 0 Å². The first-order valence-corrected chi connectivity index (χ1v) is 9.38. The number of carboxylic acids is 1. The van der Waals surface area contributed by atoms with E-state index >= 15 is 0 Å². The van der Waals surface area contributed by atoms with Gasteiger partial charge < -0.3 is 20.2 Å². The van der Waals surface area contributed by atoms with Gasteiger partial charge in [-0.2, -0.15) is 13.2 Å². The van der Waals surface area contributed by atoms with Gasteiger partial charge in [0.15, 0.2) is 0 Å². The number of carbonyl (C=O) groups is 2. The van der Waals surface area contributed by atoms with Gasteiger partial charge in [0.2, 0.25) is 5.91 Å². The van der Waals surface area contributed by atoms with Crippen LogP contribution in [0, 0.1) is 5.82 Å². The zero-order chi connectivity index (χ0) is 22.6. The zero-order valence-corrected chi connectivity index (χ0v) is 16.4. The van der Waals surface area contributed by atoms with Gasteiger partial charge in [0, 0.05) is 43.2 Å². The number of fused-ring (bicyclic) bond motifs is 1. The molecule has 2 saturated heterocycles. The van der Waals surface area contributed by atoms with Crippen molar-refractivity contribution in [3.63, 3.8) is 0 Å². The Labute approximate surface area is 174 Å². The van der Waals surface area contributed by atoms with Gasteiger partial charge in [-0.1, -0.05) is 17.7 Å². The molecule has 0 bridgehead atoms. The summed E-state index contributed by atoms with van der Waals surface area (Å²) in [6.07, 6.45) is -4.64. The number of aliphatic hydroxyl groups is 2. The molecule has 3 rings (SSSR count). The number of aliphatic hydroxyl groups excluding tert-OH is 2. The molecule has 2 aliphatic heterocycles. The van der Waals surface area contributed by atoms with E-state index in [1.54, 1.807) is 11.0 Å². The Kier molecular flexibility index (Phi) is 8.03. The minimum atomic E-state index is -5.08. The average Bonchev–Trinajstić information content (AvgIpc) is 3.16. The molecule has 2 fully saturated rings. The zero-order valence-electron chi connectivity index (χ0n) is 15.6. The van der Waals surface area contributed by atoms with Crippen LogP contribution in [0.3, 0.4) is 0 Å². The Bertz CT molecular complexity index is 779. The summed E-state index contributed by atoms with van der Waals surface area (Å²) in [6.45, 7) is 1.25. The maximum absolute atomic E-state index is 13.1. The highest BCUT2D eigenvalue weighted by Gasteiger charge is 2.46. The van der Waals surface area contributed by atoms with Crippen molar-refractivity contribution in [2.75, 3.05) is 19.7 Å². The fourth-order valence-electron chi connectivity index (χ4n) is 3.60. The van der Waals surface area contributed by atoms with Crippen LogP contribution in [0.2, 0.25) is 5.02 Å². The second-order valence-corrected chi connectivity index (χ2v) is 7.43. The van der Waals surface area contributed by atoms with E-state index in [-0.39, 0.29) is 24.6 Å². The Hall–Kier alpha value is -1.95. The third kappa shape index (κ3) is 6.03. The van der Waals surface area contributed by atoms with Crippen LogP contribution in [0.25, 0.3) is 0 Å². The summed E-state index contributed by atoms with van der Waals surface area (Å²) < 4.78 is 44.9. The van der Waals surface area contributed by atoms with Crippen LogP contribution < -0.4 is 0 Å². The van der Waals surface area contributed by atoms with Crippen molar-refractivity contribution in [1.29, 1.82) is 0 Å². The van der Waals surface area contributed by atoms with Gasteiger partial charge in [-0.15, -0.1) is 0 Å². The number of carboxylic acid groups (broad SMARTS) is 1. The number of nitrogens with zero attached hydrogens (tertiary/aromatic N) is 2. The second-order valence-electron chi connectivity index (χ2n) is 7.02. The van der Waals surface area contributed by atoms with E-state index in [0.29, 0.717) is 24.5 Å². The molecule has 2 aliphatic rings. The van der Waals surface area contributed by atoms with Gasteiger partial charge >= 0.3 is 12.1 Å². The molecule has 30 heavy (non-hydrogen) atoms. The monoisotopic (exact) mass is 456 g/mol. The standard InChI is InChI=1S/C16H20ClFN2O3.C2HF3O2/c17-13-5-11(18)2-1-10(13)7-20-14-3-4-19(8-12(22)9-21)15(14)6-16(20)23;3-2(4,5)1(6)7/h1-2,5,12,14-15,21-22H,3-4,6-9H2;(H,6,7)/t12?,14-,15-;/m0./s1. The number of alkyl halides is 3. The summed E-state index contributed by atoms with van der Waals surface area (Å²) in [5.41, 5.74) is 0.732. The van der Waals surface area contributed by atoms with Crippen LogP contribution in [0.15, 0.2) is 18.2 Å².